The first kappa shape index (κ1) is 13.5. The van der Waals surface area contributed by atoms with Crippen LogP contribution in [0.2, 0.25) is 0 Å². The number of rotatable bonds is 4. The molecule has 0 aliphatic rings. The number of carbonyl (C=O) groups excluding carboxylic acids is 1. The number of amides is 1. The maximum Gasteiger partial charge on any atom is 0.236 e. The Bertz CT molecular complexity index is 404. The molecule has 3 N–H and O–H groups in total. The van der Waals surface area contributed by atoms with Crippen LogP contribution in [0.4, 0.5) is 0 Å². The van der Waals surface area contributed by atoms with Crippen molar-refractivity contribution in [3.05, 3.63) is 29.3 Å². The Labute approximate surface area is 102 Å². The molecule has 2 unspecified atom stereocenters. The first-order valence-electron chi connectivity index (χ1n) is 5.73. The number of phenols is 1. The molecule has 17 heavy (non-hydrogen) atoms. The molecule has 0 aliphatic heterocycles. The van der Waals surface area contributed by atoms with Crippen LogP contribution in [0.3, 0.4) is 0 Å². The van der Waals surface area contributed by atoms with E-state index in [9.17, 15) is 9.90 Å². The van der Waals surface area contributed by atoms with Crippen LogP contribution in [0.1, 0.15) is 31.0 Å². The van der Waals surface area contributed by atoms with Crippen LogP contribution in [0, 0.1) is 6.92 Å². The summed E-state index contributed by atoms with van der Waals surface area (Å²) in [7, 11) is 1.61. The van der Waals surface area contributed by atoms with Gasteiger partial charge in [-0.3, -0.25) is 10.1 Å². The third-order valence-electron chi connectivity index (χ3n) is 2.79. The molecule has 1 aromatic carbocycles. The van der Waals surface area contributed by atoms with Crippen LogP contribution in [-0.4, -0.2) is 24.1 Å². The number of hydrogen-bond acceptors (Lipinski definition) is 3. The fourth-order valence-electron chi connectivity index (χ4n) is 1.78. The Kier molecular flexibility index (Phi) is 4.52. The van der Waals surface area contributed by atoms with Gasteiger partial charge in [0.1, 0.15) is 5.75 Å². The molecule has 0 fully saturated rings. The molecule has 0 radical (unpaired) electrons. The smallest absolute Gasteiger partial charge is 0.236 e. The maximum absolute atomic E-state index is 11.4. The second-order valence-electron chi connectivity index (χ2n) is 4.29. The summed E-state index contributed by atoms with van der Waals surface area (Å²) in [6.07, 6.45) is 0. The molecule has 2 atom stereocenters. The molecule has 0 spiro atoms. The van der Waals surface area contributed by atoms with E-state index in [-0.39, 0.29) is 23.7 Å². The quantitative estimate of drug-likeness (QED) is 0.742. The van der Waals surface area contributed by atoms with Crippen molar-refractivity contribution in [3.63, 3.8) is 0 Å². The fraction of sp³-hybridized carbons (Fsp3) is 0.462. The van der Waals surface area contributed by atoms with Gasteiger partial charge in [-0.25, -0.2) is 0 Å². The summed E-state index contributed by atoms with van der Waals surface area (Å²) in [4.78, 5) is 11.4. The van der Waals surface area contributed by atoms with Crippen molar-refractivity contribution in [1.82, 2.24) is 10.6 Å². The Balaban J connectivity index is 2.79. The summed E-state index contributed by atoms with van der Waals surface area (Å²) < 4.78 is 0. The minimum Gasteiger partial charge on any atom is -0.508 e. The molecule has 1 rings (SSSR count). The molecular formula is C13H20N2O2. The zero-order chi connectivity index (χ0) is 13.0. The second kappa shape index (κ2) is 5.68. The second-order valence-corrected chi connectivity index (χ2v) is 4.29. The van der Waals surface area contributed by atoms with Crippen LogP contribution in [0.5, 0.6) is 5.75 Å². The van der Waals surface area contributed by atoms with Crippen LogP contribution in [0.15, 0.2) is 18.2 Å². The van der Waals surface area contributed by atoms with E-state index in [1.165, 1.54) is 0 Å². The van der Waals surface area contributed by atoms with Gasteiger partial charge in [0, 0.05) is 18.7 Å². The van der Waals surface area contributed by atoms with Gasteiger partial charge < -0.3 is 10.4 Å². The lowest BCUT2D eigenvalue weighted by atomic mass is 10.0. The largest absolute Gasteiger partial charge is 0.508 e. The Morgan fingerprint density at radius 1 is 1.35 bits per heavy atom. The number of aryl methyl sites for hydroxylation is 1. The zero-order valence-electron chi connectivity index (χ0n) is 10.7. The molecule has 0 aliphatic carbocycles. The number of carbonyl (C=O) groups is 1. The van der Waals surface area contributed by atoms with Gasteiger partial charge in [0.15, 0.2) is 0 Å². The maximum atomic E-state index is 11.4. The normalized spacial score (nSPS) is 14.1. The number of aromatic hydroxyl groups is 1. The molecule has 4 nitrogen and oxygen atoms in total. The molecule has 1 aromatic rings. The van der Waals surface area contributed by atoms with Crippen molar-refractivity contribution >= 4 is 5.91 Å². The summed E-state index contributed by atoms with van der Waals surface area (Å²) in [5, 5.41) is 15.5. The molecule has 4 heteroatoms. The molecule has 0 saturated heterocycles. The summed E-state index contributed by atoms with van der Waals surface area (Å²) in [5.41, 5.74) is 1.89. The standard InChI is InChI=1S/C13H20N2O2/c1-8-5-6-12(16)11(7-8)9(2)15-10(3)13(17)14-4/h5-7,9-10,15-16H,1-4H3,(H,14,17). The minimum absolute atomic E-state index is 0.0657. The number of likely N-dealkylation sites (N-methyl/N-ethyl adjacent to an activating group) is 1. The lowest BCUT2D eigenvalue weighted by molar-refractivity contribution is -0.122. The highest BCUT2D eigenvalue weighted by atomic mass is 16.3. The lowest BCUT2D eigenvalue weighted by Crippen LogP contribution is -2.41. The van der Waals surface area contributed by atoms with E-state index >= 15 is 0 Å². The Hall–Kier alpha value is -1.55. The van der Waals surface area contributed by atoms with E-state index in [0.29, 0.717) is 0 Å². The average Bonchev–Trinajstić information content (AvgIpc) is 2.30. The van der Waals surface area contributed by atoms with Crippen molar-refractivity contribution in [3.8, 4) is 5.75 Å². The molecule has 1 amide bonds. The van der Waals surface area contributed by atoms with E-state index in [0.717, 1.165) is 11.1 Å². The van der Waals surface area contributed by atoms with E-state index in [1.807, 2.05) is 26.0 Å². The highest BCUT2D eigenvalue weighted by Crippen LogP contribution is 2.25. The first-order valence-corrected chi connectivity index (χ1v) is 5.73. The SMILES string of the molecule is CNC(=O)C(C)NC(C)c1cc(C)ccc1O. The predicted octanol–water partition coefficient (Wildman–Crippen LogP) is 1.49. The monoisotopic (exact) mass is 236 g/mol. The van der Waals surface area contributed by atoms with Crippen molar-refractivity contribution in [2.75, 3.05) is 7.05 Å². The van der Waals surface area contributed by atoms with Crippen molar-refractivity contribution in [1.29, 1.82) is 0 Å². The van der Waals surface area contributed by atoms with Crippen molar-refractivity contribution in [2.24, 2.45) is 0 Å². The predicted molar refractivity (Wildman–Crippen MR) is 67.9 cm³/mol. The third kappa shape index (κ3) is 3.46. The highest BCUT2D eigenvalue weighted by Gasteiger charge is 2.16. The van der Waals surface area contributed by atoms with Crippen LogP contribution >= 0.6 is 0 Å². The van der Waals surface area contributed by atoms with Crippen LogP contribution in [-0.2, 0) is 4.79 Å². The first-order chi connectivity index (χ1) is 7.95. The Morgan fingerprint density at radius 2 is 2.00 bits per heavy atom. The van der Waals surface area contributed by atoms with Crippen LogP contribution < -0.4 is 10.6 Å². The Morgan fingerprint density at radius 3 is 2.59 bits per heavy atom. The van der Waals surface area contributed by atoms with E-state index in [4.69, 9.17) is 0 Å². The molecule has 0 saturated carbocycles. The summed E-state index contributed by atoms with van der Waals surface area (Å²) in [6, 6.07) is 5.07. The van der Waals surface area contributed by atoms with Gasteiger partial charge in [-0.2, -0.15) is 0 Å². The van der Waals surface area contributed by atoms with Gasteiger partial charge in [0.2, 0.25) is 5.91 Å². The topological polar surface area (TPSA) is 61.4 Å². The summed E-state index contributed by atoms with van der Waals surface area (Å²) >= 11 is 0. The van der Waals surface area contributed by atoms with Gasteiger partial charge in [0.25, 0.3) is 0 Å². The molecule has 0 bridgehead atoms. The average molecular weight is 236 g/mol. The van der Waals surface area contributed by atoms with Gasteiger partial charge in [-0.05, 0) is 26.8 Å². The van der Waals surface area contributed by atoms with Gasteiger partial charge in [-0.15, -0.1) is 0 Å². The summed E-state index contributed by atoms with van der Waals surface area (Å²) in [6.45, 7) is 5.69. The van der Waals surface area contributed by atoms with Crippen molar-refractivity contribution in [2.45, 2.75) is 32.9 Å². The van der Waals surface area contributed by atoms with Gasteiger partial charge in [-0.1, -0.05) is 17.7 Å². The van der Waals surface area contributed by atoms with E-state index in [1.54, 1.807) is 20.0 Å². The van der Waals surface area contributed by atoms with Crippen LogP contribution in [0.25, 0.3) is 0 Å². The van der Waals surface area contributed by atoms with Gasteiger partial charge >= 0.3 is 0 Å². The number of phenolic OH excluding ortho intramolecular Hbond substituents is 1. The number of hydrogen-bond donors (Lipinski definition) is 3. The van der Waals surface area contributed by atoms with Gasteiger partial charge in [0.05, 0.1) is 6.04 Å². The highest BCUT2D eigenvalue weighted by molar-refractivity contribution is 5.81. The molecule has 0 heterocycles. The van der Waals surface area contributed by atoms with E-state index in [2.05, 4.69) is 10.6 Å². The fourth-order valence-corrected chi connectivity index (χ4v) is 1.78. The van der Waals surface area contributed by atoms with E-state index < -0.39 is 0 Å². The lowest BCUT2D eigenvalue weighted by Gasteiger charge is -2.20. The number of benzene rings is 1. The summed E-state index contributed by atoms with van der Waals surface area (Å²) in [5.74, 6) is 0.184. The van der Waals surface area contributed by atoms with Crippen molar-refractivity contribution < 1.29 is 9.90 Å². The minimum atomic E-state index is -0.296. The molecule has 94 valence electrons. The zero-order valence-corrected chi connectivity index (χ0v) is 10.7. The molecular weight excluding hydrogens is 216 g/mol. The third-order valence-corrected chi connectivity index (χ3v) is 2.79. The number of nitrogens with one attached hydrogen (secondary N) is 2. The molecule has 0 aromatic heterocycles.